The van der Waals surface area contributed by atoms with Crippen molar-refractivity contribution in [2.75, 3.05) is 32.6 Å². The SMILES string of the molecule is COCCNCCS(=O)(=O)C1CCCCC1. The molecule has 0 unspecified atom stereocenters. The molecule has 1 N–H and O–H groups in total. The molecule has 0 aromatic carbocycles. The van der Waals surface area contributed by atoms with E-state index in [4.69, 9.17) is 4.74 Å². The molecular formula is C11H23NO3S. The highest BCUT2D eigenvalue weighted by molar-refractivity contribution is 7.92. The Morgan fingerprint density at radius 2 is 1.88 bits per heavy atom. The standard InChI is InChI=1S/C11H23NO3S/c1-15-9-7-12-8-10-16(13,14)11-5-3-2-4-6-11/h11-12H,2-10H2,1H3. The van der Waals surface area contributed by atoms with Gasteiger partial charge in [0.1, 0.15) is 0 Å². The minimum atomic E-state index is -2.87. The summed E-state index contributed by atoms with van der Waals surface area (Å²) < 4.78 is 28.8. The van der Waals surface area contributed by atoms with Gasteiger partial charge in [-0.05, 0) is 12.8 Å². The van der Waals surface area contributed by atoms with Crippen LogP contribution in [0, 0.1) is 0 Å². The van der Waals surface area contributed by atoms with E-state index in [2.05, 4.69) is 5.32 Å². The third-order valence-corrected chi connectivity index (χ3v) is 5.37. The lowest BCUT2D eigenvalue weighted by Crippen LogP contribution is -2.32. The van der Waals surface area contributed by atoms with E-state index in [-0.39, 0.29) is 11.0 Å². The first kappa shape index (κ1) is 13.9. The van der Waals surface area contributed by atoms with Gasteiger partial charge in [-0.15, -0.1) is 0 Å². The molecule has 0 saturated heterocycles. The maximum Gasteiger partial charge on any atom is 0.154 e. The predicted octanol–water partition coefficient (Wildman–Crippen LogP) is 0.970. The Bertz CT molecular complexity index is 271. The molecular weight excluding hydrogens is 226 g/mol. The first-order valence-corrected chi connectivity index (χ1v) is 7.79. The van der Waals surface area contributed by atoms with Crippen molar-refractivity contribution in [3.8, 4) is 0 Å². The van der Waals surface area contributed by atoms with Gasteiger partial charge in [0.15, 0.2) is 9.84 Å². The minimum absolute atomic E-state index is 0.0783. The first-order valence-electron chi connectivity index (χ1n) is 6.08. The zero-order valence-corrected chi connectivity index (χ0v) is 10.9. The van der Waals surface area contributed by atoms with E-state index in [0.29, 0.717) is 13.2 Å². The number of hydrogen-bond acceptors (Lipinski definition) is 4. The fourth-order valence-electron chi connectivity index (χ4n) is 2.10. The van der Waals surface area contributed by atoms with Crippen LogP contribution in [0.15, 0.2) is 0 Å². The van der Waals surface area contributed by atoms with E-state index in [0.717, 1.165) is 32.2 Å². The molecule has 0 spiro atoms. The Morgan fingerprint density at radius 1 is 1.19 bits per heavy atom. The second-order valence-electron chi connectivity index (χ2n) is 4.37. The van der Waals surface area contributed by atoms with E-state index >= 15 is 0 Å². The Labute approximate surface area is 98.7 Å². The molecule has 0 aromatic heterocycles. The number of hydrogen-bond donors (Lipinski definition) is 1. The predicted molar refractivity (Wildman–Crippen MR) is 65.4 cm³/mol. The maximum absolute atomic E-state index is 11.9. The average Bonchev–Trinajstić information content (AvgIpc) is 2.30. The van der Waals surface area contributed by atoms with Crippen LogP contribution in [-0.4, -0.2) is 46.2 Å². The molecule has 96 valence electrons. The van der Waals surface area contributed by atoms with Crippen LogP contribution in [0.25, 0.3) is 0 Å². The minimum Gasteiger partial charge on any atom is -0.383 e. The summed E-state index contributed by atoms with van der Waals surface area (Å²) >= 11 is 0. The van der Waals surface area contributed by atoms with Gasteiger partial charge >= 0.3 is 0 Å². The third kappa shape index (κ3) is 4.80. The molecule has 0 atom stereocenters. The fourth-order valence-corrected chi connectivity index (χ4v) is 3.92. The van der Waals surface area contributed by atoms with E-state index in [1.54, 1.807) is 7.11 Å². The van der Waals surface area contributed by atoms with Crippen LogP contribution in [0.5, 0.6) is 0 Å². The third-order valence-electron chi connectivity index (χ3n) is 3.11. The van der Waals surface area contributed by atoms with Crippen molar-refractivity contribution < 1.29 is 13.2 Å². The number of ether oxygens (including phenoxy) is 1. The highest BCUT2D eigenvalue weighted by atomic mass is 32.2. The van der Waals surface area contributed by atoms with Crippen molar-refractivity contribution in [1.82, 2.24) is 5.32 Å². The lowest BCUT2D eigenvalue weighted by molar-refractivity contribution is 0.200. The van der Waals surface area contributed by atoms with Gasteiger partial charge in [-0.25, -0.2) is 8.42 Å². The van der Waals surface area contributed by atoms with E-state index in [9.17, 15) is 8.42 Å². The van der Waals surface area contributed by atoms with Gasteiger partial charge in [0.2, 0.25) is 0 Å². The van der Waals surface area contributed by atoms with Gasteiger partial charge in [-0.2, -0.15) is 0 Å². The summed E-state index contributed by atoms with van der Waals surface area (Å²) in [6.45, 7) is 1.89. The molecule has 1 rings (SSSR count). The van der Waals surface area contributed by atoms with Crippen LogP contribution in [0.1, 0.15) is 32.1 Å². The summed E-state index contributed by atoms with van der Waals surface area (Å²) in [5.74, 6) is 0.265. The van der Waals surface area contributed by atoms with Crippen LogP contribution in [-0.2, 0) is 14.6 Å². The second kappa shape index (κ2) is 7.25. The van der Waals surface area contributed by atoms with E-state index < -0.39 is 9.84 Å². The first-order chi connectivity index (χ1) is 7.67. The highest BCUT2D eigenvalue weighted by Crippen LogP contribution is 2.23. The topological polar surface area (TPSA) is 55.4 Å². The summed E-state index contributed by atoms with van der Waals surface area (Å²) in [5.41, 5.74) is 0. The van der Waals surface area contributed by atoms with E-state index in [1.165, 1.54) is 6.42 Å². The van der Waals surface area contributed by atoms with Crippen molar-refractivity contribution >= 4 is 9.84 Å². The van der Waals surface area contributed by atoms with Crippen LogP contribution < -0.4 is 5.32 Å². The monoisotopic (exact) mass is 249 g/mol. The van der Waals surface area contributed by atoms with Crippen LogP contribution in [0.4, 0.5) is 0 Å². The zero-order valence-electron chi connectivity index (χ0n) is 10.1. The number of methoxy groups -OCH3 is 1. The van der Waals surface area contributed by atoms with Gasteiger partial charge in [0.05, 0.1) is 17.6 Å². The summed E-state index contributed by atoms with van der Waals surface area (Å²) in [6.07, 6.45) is 5.06. The summed E-state index contributed by atoms with van der Waals surface area (Å²) in [4.78, 5) is 0. The van der Waals surface area contributed by atoms with Gasteiger partial charge < -0.3 is 10.1 Å². The number of sulfone groups is 1. The lowest BCUT2D eigenvalue weighted by Gasteiger charge is -2.21. The average molecular weight is 249 g/mol. The zero-order chi connectivity index (χ0) is 11.9. The van der Waals surface area contributed by atoms with Crippen molar-refractivity contribution in [3.05, 3.63) is 0 Å². The summed E-state index contributed by atoms with van der Waals surface area (Å²) in [6, 6.07) is 0. The van der Waals surface area contributed by atoms with Crippen LogP contribution >= 0.6 is 0 Å². The van der Waals surface area contributed by atoms with Crippen molar-refractivity contribution in [2.45, 2.75) is 37.4 Å². The molecule has 1 fully saturated rings. The van der Waals surface area contributed by atoms with Gasteiger partial charge in [-0.1, -0.05) is 19.3 Å². The maximum atomic E-state index is 11.9. The largest absolute Gasteiger partial charge is 0.383 e. The molecule has 16 heavy (non-hydrogen) atoms. The normalized spacial score (nSPS) is 18.8. The highest BCUT2D eigenvalue weighted by Gasteiger charge is 2.26. The molecule has 4 nitrogen and oxygen atoms in total. The molecule has 1 aliphatic rings. The Morgan fingerprint density at radius 3 is 2.50 bits per heavy atom. The Kier molecular flexibility index (Phi) is 6.31. The van der Waals surface area contributed by atoms with Crippen molar-refractivity contribution in [3.63, 3.8) is 0 Å². The molecule has 0 aliphatic heterocycles. The van der Waals surface area contributed by atoms with Gasteiger partial charge in [0, 0.05) is 20.2 Å². The molecule has 0 aromatic rings. The molecule has 5 heteroatoms. The Balaban J connectivity index is 2.22. The van der Waals surface area contributed by atoms with Crippen LogP contribution in [0.2, 0.25) is 0 Å². The van der Waals surface area contributed by atoms with Crippen molar-refractivity contribution in [2.24, 2.45) is 0 Å². The lowest BCUT2D eigenvalue weighted by atomic mass is 10.0. The molecule has 0 bridgehead atoms. The summed E-state index contributed by atoms with van der Waals surface area (Å²) in [5, 5.41) is 3.00. The molecule has 1 saturated carbocycles. The number of nitrogens with one attached hydrogen (secondary N) is 1. The molecule has 0 radical (unpaired) electrons. The fraction of sp³-hybridized carbons (Fsp3) is 1.00. The summed E-state index contributed by atoms with van der Waals surface area (Å²) in [7, 11) is -1.23. The van der Waals surface area contributed by atoms with Gasteiger partial charge in [0.25, 0.3) is 0 Å². The molecule has 1 aliphatic carbocycles. The Hall–Kier alpha value is -0.130. The number of rotatable bonds is 7. The van der Waals surface area contributed by atoms with E-state index in [1.807, 2.05) is 0 Å². The quantitative estimate of drug-likeness (QED) is 0.683. The van der Waals surface area contributed by atoms with Crippen LogP contribution in [0.3, 0.4) is 0 Å². The van der Waals surface area contributed by atoms with Gasteiger partial charge in [-0.3, -0.25) is 0 Å². The smallest absolute Gasteiger partial charge is 0.154 e. The van der Waals surface area contributed by atoms with Crippen molar-refractivity contribution in [1.29, 1.82) is 0 Å². The second-order valence-corrected chi connectivity index (χ2v) is 6.77. The molecule has 0 heterocycles. The molecule has 0 amide bonds.